The number of ether oxygens (including phenoxy) is 3. The minimum Gasteiger partial charge on any atom is -0.496 e. The fraction of sp³-hybridized carbons (Fsp3) is 0.381. The molecule has 0 atom stereocenters. The van der Waals surface area contributed by atoms with Crippen molar-refractivity contribution in [2.75, 3.05) is 34.4 Å². The van der Waals surface area contributed by atoms with Gasteiger partial charge in [-0.1, -0.05) is 12.1 Å². The summed E-state index contributed by atoms with van der Waals surface area (Å²) in [5.41, 5.74) is 1.76. The maximum atomic E-state index is 13.3. The van der Waals surface area contributed by atoms with Crippen LogP contribution >= 0.6 is 0 Å². The molecule has 0 amide bonds. The van der Waals surface area contributed by atoms with Crippen molar-refractivity contribution >= 4 is 5.96 Å². The molecule has 2 rings (SSSR count). The Hall–Kier alpha value is -2.96. The van der Waals surface area contributed by atoms with Crippen LogP contribution in [0.1, 0.15) is 18.1 Å². The van der Waals surface area contributed by atoms with Crippen LogP contribution in [-0.4, -0.2) is 40.4 Å². The first-order valence-corrected chi connectivity index (χ1v) is 9.16. The van der Waals surface area contributed by atoms with Gasteiger partial charge < -0.3 is 24.8 Å². The third-order valence-corrected chi connectivity index (χ3v) is 4.14. The van der Waals surface area contributed by atoms with Gasteiger partial charge in [0.2, 0.25) is 0 Å². The van der Waals surface area contributed by atoms with E-state index in [-0.39, 0.29) is 5.82 Å². The van der Waals surface area contributed by atoms with Crippen LogP contribution in [0.5, 0.6) is 17.2 Å². The van der Waals surface area contributed by atoms with E-state index in [2.05, 4.69) is 15.6 Å². The number of guanidine groups is 1. The molecule has 0 spiro atoms. The van der Waals surface area contributed by atoms with Gasteiger partial charge in [0, 0.05) is 30.8 Å². The Bertz CT molecular complexity index is 771. The Morgan fingerprint density at radius 1 is 1.00 bits per heavy atom. The van der Waals surface area contributed by atoms with Crippen LogP contribution in [0.2, 0.25) is 0 Å². The Labute approximate surface area is 165 Å². The topological polar surface area (TPSA) is 64.1 Å². The van der Waals surface area contributed by atoms with E-state index in [9.17, 15) is 4.39 Å². The van der Waals surface area contributed by atoms with Gasteiger partial charge in [0.1, 0.15) is 23.1 Å². The minimum atomic E-state index is -0.260. The van der Waals surface area contributed by atoms with E-state index in [1.807, 2.05) is 25.1 Å². The molecule has 2 aromatic carbocycles. The normalized spacial score (nSPS) is 11.1. The molecule has 0 aromatic heterocycles. The third kappa shape index (κ3) is 6.04. The standard InChI is InChI=1S/C21H28FN3O3/c1-5-23-21(25-14-15-7-6-8-16(22)11-15)24-10-9-18-19(27-3)12-17(26-2)13-20(18)28-4/h6-8,11-13H,5,9-10,14H2,1-4H3,(H2,23,24,25). The highest BCUT2D eigenvalue weighted by molar-refractivity contribution is 5.79. The number of hydrogen-bond donors (Lipinski definition) is 2. The summed E-state index contributed by atoms with van der Waals surface area (Å²) in [6.07, 6.45) is 0.667. The van der Waals surface area contributed by atoms with Crippen molar-refractivity contribution in [1.82, 2.24) is 10.6 Å². The fourth-order valence-corrected chi connectivity index (χ4v) is 2.78. The van der Waals surface area contributed by atoms with Gasteiger partial charge in [-0.2, -0.15) is 0 Å². The molecule has 2 N–H and O–H groups in total. The number of nitrogens with zero attached hydrogens (tertiary/aromatic N) is 1. The largest absolute Gasteiger partial charge is 0.496 e. The van der Waals surface area contributed by atoms with Crippen molar-refractivity contribution in [1.29, 1.82) is 0 Å². The van der Waals surface area contributed by atoms with E-state index < -0.39 is 0 Å². The highest BCUT2D eigenvalue weighted by Gasteiger charge is 2.13. The van der Waals surface area contributed by atoms with Gasteiger partial charge in [0.05, 0.1) is 27.9 Å². The zero-order valence-electron chi connectivity index (χ0n) is 16.8. The van der Waals surface area contributed by atoms with Gasteiger partial charge in [0.15, 0.2) is 5.96 Å². The molecule has 0 heterocycles. The molecule has 0 aliphatic heterocycles. The number of benzene rings is 2. The minimum absolute atomic E-state index is 0.260. The fourth-order valence-electron chi connectivity index (χ4n) is 2.78. The molecule has 0 saturated heterocycles. The molecule has 0 radical (unpaired) electrons. The summed E-state index contributed by atoms with van der Waals surface area (Å²) in [6, 6.07) is 10.1. The predicted molar refractivity (Wildman–Crippen MR) is 109 cm³/mol. The first-order chi connectivity index (χ1) is 13.6. The molecule has 0 saturated carbocycles. The van der Waals surface area contributed by atoms with Gasteiger partial charge in [-0.3, -0.25) is 0 Å². The lowest BCUT2D eigenvalue weighted by Crippen LogP contribution is -2.38. The average Bonchev–Trinajstić information content (AvgIpc) is 2.71. The summed E-state index contributed by atoms with van der Waals surface area (Å²) in [5, 5.41) is 6.48. The van der Waals surface area contributed by atoms with Crippen molar-refractivity contribution in [3.05, 3.63) is 53.3 Å². The second kappa shape index (κ2) is 11.0. The van der Waals surface area contributed by atoms with Crippen LogP contribution < -0.4 is 24.8 Å². The summed E-state index contributed by atoms with van der Waals surface area (Å²) in [5.74, 6) is 2.50. The molecule has 152 valence electrons. The van der Waals surface area contributed by atoms with E-state index >= 15 is 0 Å². The first-order valence-electron chi connectivity index (χ1n) is 9.16. The van der Waals surface area contributed by atoms with E-state index in [0.29, 0.717) is 42.7 Å². The summed E-state index contributed by atoms with van der Waals surface area (Å²) < 4.78 is 29.6. The number of hydrogen-bond acceptors (Lipinski definition) is 4. The van der Waals surface area contributed by atoms with Crippen LogP contribution in [0.4, 0.5) is 4.39 Å². The Morgan fingerprint density at radius 2 is 1.71 bits per heavy atom. The molecule has 0 unspecified atom stereocenters. The molecule has 0 aliphatic rings. The maximum Gasteiger partial charge on any atom is 0.191 e. The third-order valence-electron chi connectivity index (χ3n) is 4.14. The summed E-state index contributed by atoms with van der Waals surface area (Å²) in [6.45, 7) is 3.73. The zero-order valence-corrected chi connectivity index (χ0v) is 16.8. The van der Waals surface area contributed by atoms with Gasteiger partial charge in [-0.25, -0.2) is 9.38 Å². The van der Waals surface area contributed by atoms with E-state index in [1.54, 1.807) is 27.4 Å². The zero-order chi connectivity index (χ0) is 20.4. The summed E-state index contributed by atoms with van der Waals surface area (Å²) >= 11 is 0. The lowest BCUT2D eigenvalue weighted by molar-refractivity contribution is 0.368. The van der Waals surface area contributed by atoms with E-state index in [0.717, 1.165) is 17.7 Å². The van der Waals surface area contributed by atoms with Crippen molar-refractivity contribution in [3.8, 4) is 17.2 Å². The van der Waals surface area contributed by atoms with E-state index in [4.69, 9.17) is 14.2 Å². The molecule has 6 nitrogen and oxygen atoms in total. The molecule has 28 heavy (non-hydrogen) atoms. The second-order valence-corrected chi connectivity index (χ2v) is 6.01. The molecule has 0 bridgehead atoms. The van der Waals surface area contributed by atoms with Crippen LogP contribution in [0.25, 0.3) is 0 Å². The van der Waals surface area contributed by atoms with Gasteiger partial charge in [-0.15, -0.1) is 0 Å². The first kappa shape index (κ1) is 21.3. The lowest BCUT2D eigenvalue weighted by atomic mass is 10.1. The number of aliphatic imine (C=N–C) groups is 1. The monoisotopic (exact) mass is 389 g/mol. The molecular weight excluding hydrogens is 361 g/mol. The summed E-state index contributed by atoms with van der Waals surface area (Å²) in [7, 11) is 4.85. The van der Waals surface area contributed by atoms with Gasteiger partial charge in [0.25, 0.3) is 0 Å². The lowest BCUT2D eigenvalue weighted by Gasteiger charge is -2.16. The molecule has 7 heteroatoms. The van der Waals surface area contributed by atoms with Crippen molar-refractivity contribution in [3.63, 3.8) is 0 Å². The second-order valence-electron chi connectivity index (χ2n) is 6.01. The highest BCUT2D eigenvalue weighted by atomic mass is 19.1. The van der Waals surface area contributed by atoms with Crippen molar-refractivity contribution in [2.45, 2.75) is 19.9 Å². The number of rotatable bonds is 9. The molecule has 0 aliphatic carbocycles. The molecule has 2 aromatic rings. The molecule has 0 fully saturated rings. The number of nitrogens with one attached hydrogen (secondary N) is 2. The number of halogens is 1. The van der Waals surface area contributed by atoms with Gasteiger partial charge in [-0.05, 0) is 31.0 Å². The SMILES string of the molecule is CCNC(=NCc1cccc(F)c1)NCCc1c(OC)cc(OC)cc1OC. The van der Waals surface area contributed by atoms with Crippen LogP contribution in [0.3, 0.4) is 0 Å². The Morgan fingerprint density at radius 3 is 2.29 bits per heavy atom. The van der Waals surface area contributed by atoms with Crippen LogP contribution in [-0.2, 0) is 13.0 Å². The van der Waals surface area contributed by atoms with E-state index in [1.165, 1.54) is 12.1 Å². The molecular formula is C21H28FN3O3. The van der Waals surface area contributed by atoms with Crippen LogP contribution in [0, 0.1) is 5.82 Å². The predicted octanol–water partition coefficient (Wildman–Crippen LogP) is 3.15. The highest BCUT2D eigenvalue weighted by Crippen LogP contribution is 2.34. The quantitative estimate of drug-likeness (QED) is 0.510. The van der Waals surface area contributed by atoms with Crippen molar-refractivity contribution in [2.24, 2.45) is 4.99 Å². The summed E-state index contributed by atoms with van der Waals surface area (Å²) in [4.78, 5) is 4.51. The maximum absolute atomic E-state index is 13.3. The van der Waals surface area contributed by atoms with Crippen molar-refractivity contribution < 1.29 is 18.6 Å². The Kier molecular flexibility index (Phi) is 8.39. The average molecular weight is 389 g/mol. The number of methoxy groups -OCH3 is 3. The smallest absolute Gasteiger partial charge is 0.191 e. The Balaban J connectivity index is 2.05. The van der Waals surface area contributed by atoms with Crippen LogP contribution in [0.15, 0.2) is 41.4 Å². The van der Waals surface area contributed by atoms with Gasteiger partial charge >= 0.3 is 0 Å².